The molecule has 2 aliphatic heterocycles. The molecule has 0 radical (unpaired) electrons. The van der Waals surface area contributed by atoms with Crippen LogP contribution in [0.3, 0.4) is 0 Å². The van der Waals surface area contributed by atoms with E-state index in [9.17, 15) is 9.59 Å². The van der Waals surface area contributed by atoms with E-state index < -0.39 is 5.41 Å². The summed E-state index contributed by atoms with van der Waals surface area (Å²) in [5.74, 6) is 0.328. The summed E-state index contributed by atoms with van der Waals surface area (Å²) in [5.41, 5.74) is -0.607. The van der Waals surface area contributed by atoms with Crippen LogP contribution in [-0.4, -0.2) is 60.5 Å². The third kappa shape index (κ3) is 4.06. The van der Waals surface area contributed by atoms with Crippen LogP contribution < -0.4 is 0 Å². The number of nitrogens with zero attached hydrogens (tertiary/aromatic N) is 2. The maximum Gasteiger partial charge on any atom is 0.230 e. The fraction of sp³-hybridized carbons (Fsp3) is 0.889. The summed E-state index contributed by atoms with van der Waals surface area (Å²) in [4.78, 5) is 28.4. The first-order valence-electron chi connectivity index (χ1n) is 8.52. The Morgan fingerprint density at radius 3 is 1.96 bits per heavy atom. The molecule has 2 saturated heterocycles. The molecule has 2 amide bonds. The molecule has 0 saturated carbocycles. The van der Waals surface area contributed by atoms with Gasteiger partial charge in [0, 0.05) is 31.6 Å². The summed E-state index contributed by atoms with van der Waals surface area (Å²) >= 11 is 0. The Hall–Kier alpha value is -1.10. The van der Waals surface area contributed by atoms with Crippen molar-refractivity contribution in [3.63, 3.8) is 0 Å². The Bertz CT molecular complexity index is 477. The molecule has 0 aromatic rings. The zero-order valence-electron chi connectivity index (χ0n) is 15.7. The van der Waals surface area contributed by atoms with Gasteiger partial charge in [-0.05, 0) is 19.3 Å². The number of hydrogen-bond donors (Lipinski definition) is 0. The highest BCUT2D eigenvalue weighted by atomic mass is 16.5. The van der Waals surface area contributed by atoms with Crippen LogP contribution in [0.15, 0.2) is 0 Å². The van der Waals surface area contributed by atoms with Crippen molar-refractivity contribution in [2.45, 2.75) is 54.6 Å². The molecule has 2 fully saturated rings. The molecule has 0 aromatic carbocycles. The van der Waals surface area contributed by atoms with Gasteiger partial charge in [-0.15, -0.1) is 0 Å². The fourth-order valence-corrected chi connectivity index (χ4v) is 3.13. The van der Waals surface area contributed by atoms with Crippen molar-refractivity contribution in [2.24, 2.45) is 16.2 Å². The van der Waals surface area contributed by atoms with Crippen LogP contribution in [0.4, 0.5) is 0 Å². The molecular weight excluding hydrogens is 292 g/mol. The molecule has 0 aliphatic carbocycles. The molecule has 0 N–H and O–H groups in total. The Morgan fingerprint density at radius 2 is 1.52 bits per heavy atom. The second-order valence-corrected chi connectivity index (χ2v) is 9.60. The Labute approximate surface area is 140 Å². The van der Waals surface area contributed by atoms with E-state index in [-0.39, 0.29) is 28.7 Å². The summed E-state index contributed by atoms with van der Waals surface area (Å²) in [6.45, 7) is 17.4. The molecule has 5 heteroatoms. The van der Waals surface area contributed by atoms with Crippen LogP contribution in [0, 0.1) is 16.2 Å². The third-order valence-corrected chi connectivity index (χ3v) is 4.56. The molecule has 2 heterocycles. The van der Waals surface area contributed by atoms with Crippen molar-refractivity contribution in [1.82, 2.24) is 9.80 Å². The molecule has 0 unspecified atom stereocenters. The lowest BCUT2D eigenvalue weighted by Gasteiger charge is -2.49. The highest BCUT2D eigenvalue weighted by molar-refractivity contribution is 5.83. The fourth-order valence-electron chi connectivity index (χ4n) is 3.13. The third-order valence-electron chi connectivity index (χ3n) is 4.56. The number of rotatable bonds is 4. The van der Waals surface area contributed by atoms with Crippen LogP contribution in [0.5, 0.6) is 0 Å². The van der Waals surface area contributed by atoms with Crippen LogP contribution in [0.1, 0.15) is 48.5 Å². The summed E-state index contributed by atoms with van der Waals surface area (Å²) < 4.78 is 5.89. The first-order valence-corrected chi connectivity index (χ1v) is 8.52. The molecule has 2 aliphatic rings. The molecule has 0 spiro atoms. The number of carbonyl (C=O) groups is 2. The van der Waals surface area contributed by atoms with E-state index in [0.29, 0.717) is 19.7 Å². The zero-order chi connectivity index (χ0) is 17.6. The summed E-state index contributed by atoms with van der Waals surface area (Å²) in [7, 11) is 0. The lowest BCUT2D eigenvalue weighted by Crippen LogP contribution is -2.60. The average Bonchev–Trinajstić information content (AvgIpc) is 2.31. The van der Waals surface area contributed by atoms with Gasteiger partial charge in [-0.25, -0.2) is 0 Å². The van der Waals surface area contributed by atoms with E-state index >= 15 is 0 Å². The summed E-state index contributed by atoms with van der Waals surface area (Å²) in [5, 5.41) is 0. The molecule has 132 valence electrons. The van der Waals surface area contributed by atoms with E-state index in [0.717, 1.165) is 13.1 Å². The maximum absolute atomic E-state index is 12.5. The molecular formula is C18H32N2O3. The Balaban J connectivity index is 1.74. The van der Waals surface area contributed by atoms with Crippen molar-refractivity contribution >= 4 is 11.8 Å². The lowest BCUT2D eigenvalue weighted by atomic mass is 9.81. The van der Waals surface area contributed by atoms with Gasteiger partial charge in [0.2, 0.25) is 11.8 Å². The van der Waals surface area contributed by atoms with Gasteiger partial charge in [0.15, 0.2) is 0 Å². The van der Waals surface area contributed by atoms with Gasteiger partial charge in [0.05, 0.1) is 18.1 Å². The van der Waals surface area contributed by atoms with Crippen molar-refractivity contribution in [3.8, 4) is 0 Å². The van der Waals surface area contributed by atoms with Gasteiger partial charge in [-0.1, -0.05) is 34.6 Å². The lowest BCUT2D eigenvalue weighted by molar-refractivity contribution is -0.164. The van der Waals surface area contributed by atoms with Crippen molar-refractivity contribution in [3.05, 3.63) is 0 Å². The van der Waals surface area contributed by atoms with Gasteiger partial charge in [0.25, 0.3) is 0 Å². The van der Waals surface area contributed by atoms with Crippen molar-refractivity contribution in [2.75, 3.05) is 32.8 Å². The minimum atomic E-state index is -0.509. The van der Waals surface area contributed by atoms with Crippen molar-refractivity contribution in [1.29, 1.82) is 0 Å². The number of likely N-dealkylation sites (tertiary alicyclic amines) is 2. The molecule has 0 aromatic heterocycles. The zero-order valence-corrected chi connectivity index (χ0v) is 15.7. The van der Waals surface area contributed by atoms with E-state index in [1.165, 1.54) is 0 Å². The topological polar surface area (TPSA) is 49.9 Å². The van der Waals surface area contributed by atoms with E-state index in [1.807, 2.05) is 44.4 Å². The standard InChI is InChI=1S/C18H32N2O3/c1-16(2,3)14(21)19-8-13(9-19)23-12-18(6,7)15(22)20-10-17(4,5)11-20/h13H,8-12H2,1-7H3. The Kier molecular flexibility index (Phi) is 4.57. The predicted molar refractivity (Wildman–Crippen MR) is 89.9 cm³/mol. The molecule has 2 rings (SSSR count). The summed E-state index contributed by atoms with van der Waals surface area (Å²) in [6.07, 6.45) is 0.0567. The minimum absolute atomic E-state index is 0.0567. The first kappa shape index (κ1) is 18.2. The first-order chi connectivity index (χ1) is 10.3. The van der Waals surface area contributed by atoms with Gasteiger partial charge >= 0.3 is 0 Å². The van der Waals surface area contributed by atoms with Gasteiger partial charge < -0.3 is 14.5 Å². The number of hydrogen-bond acceptors (Lipinski definition) is 3. The molecule has 23 heavy (non-hydrogen) atoms. The van der Waals surface area contributed by atoms with E-state index in [2.05, 4.69) is 13.8 Å². The smallest absolute Gasteiger partial charge is 0.230 e. The molecule has 0 bridgehead atoms. The van der Waals surface area contributed by atoms with Gasteiger partial charge in [-0.2, -0.15) is 0 Å². The monoisotopic (exact) mass is 324 g/mol. The number of carbonyl (C=O) groups excluding carboxylic acids is 2. The van der Waals surface area contributed by atoms with Crippen LogP contribution >= 0.6 is 0 Å². The number of amides is 2. The van der Waals surface area contributed by atoms with Crippen molar-refractivity contribution < 1.29 is 14.3 Å². The second kappa shape index (κ2) is 5.76. The highest BCUT2D eigenvalue weighted by Crippen LogP contribution is 2.33. The van der Waals surface area contributed by atoms with E-state index in [1.54, 1.807) is 0 Å². The number of ether oxygens (including phenoxy) is 1. The highest BCUT2D eigenvalue weighted by Gasteiger charge is 2.44. The Morgan fingerprint density at radius 1 is 1.00 bits per heavy atom. The largest absolute Gasteiger partial charge is 0.373 e. The SMILES string of the molecule is CC1(C)CN(C(=O)C(C)(C)COC2CN(C(=O)C(C)(C)C)C2)C1. The molecule has 0 atom stereocenters. The normalized spacial score (nSPS) is 21.7. The van der Waals surface area contributed by atoms with E-state index in [4.69, 9.17) is 4.74 Å². The second-order valence-electron chi connectivity index (χ2n) is 9.60. The predicted octanol–water partition coefficient (Wildman–Crippen LogP) is 2.15. The average molecular weight is 324 g/mol. The van der Waals surface area contributed by atoms with Gasteiger partial charge in [-0.3, -0.25) is 9.59 Å². The quantitative estimate of drug-likeness (QED) is 0.796. The maximum atomic E-state index is 12.5. The van der Waals surface area contributed by atoms with Crippen LogP contribution in [0.25, 0.3) is 0 Å². The summed E-state index contributed by atoms with van der Waals surface area (Å²) in [6, 6.07) is 0. The minimum Gasteiger partial charge on any atom is -0.373 e. The van der Waals surface area contributed by atoms with Gasteiger partial charge in [0.1, 0.15) is 0 Å². The molecule has 5 nitrogen and oxygen atoms in total. The van der Waals surface area contributed by atoms with Crippen LogP contribution in [0.2, 0.25) is 0 Å². The van der Waals surface area contributed by atoms with Crippen LogP contribution in [-0.2, 0) is 14.3 Å².